The van der Waals surface area contributed by atoms with E-state index in [0.717, 1.165) is 22.4 Å². The van der Waals surface area contributed by atoms with E-state index in [1.165, 1.54) is 6.08 Å². The summed E-state index contributed by atoms with van der Waals surface area (Å²) in [5.41, 5.74) is 3.10. The van der Waals surface area contributed by atoms with Gasteiger partial charge in [0.2, 0.25) is 11.8 Å². The predicted molar refractivity (Wildman–Crippen MR) is 107 cm³/mol. The van der Waals surface area contributed by atoms with Gasteiger partial charge in [-0.25, -0.2) is 0 Å². The van der Waals surface area contributed by atoms with Gasteiger partial charge in [-0.05, 0) is 48.7 Å². The van der Waals surface area contributed by atoms with Gasteiger partial charge in [0, 0.05) is 19.7 Å². The molecule has 5 heteroatoms. The number of ether oxygens (including phenoxy) is 1. The molecule has 2 aromatic carbocycles. The van der Waals surface area contributed by atoms with Crippen molar-refractivity contribution in [3.05, 3.63) is 71.3 Å². The van der Waals surface area contributed by atoms with Gasteiger partial charge < -0.3 is 15.0 Å². The minimum Gasteiger partial charge on any atom is -0.497 e. The first-order chi connectivity index (χ1) is 12.9. The Balaban J connectivity index is 1.89. The lowest BCUT2D eigenvalue weighted by Crippen LogP contribution is -2.44. The maximum atomic E-state index is 12.5. The number of rotatable bonds is 7. The van der Waals surface area contributed by atoms with Crippen LogP contribution in [0.25, 0.3) is 6.08 Å². The van der Waals surface area contributed by atoms with E-state index in [0.29, 0.717) is 6.54 Å². The Morgan fingerprint density at radius 1 is 1.15 bits per heavy atom. The number of likely N-dealkylation sites (N-methyl/N-ethyl adjacent to an activating group) is 1. The van der Waals surface area contributed by atoms with E-state index in [2.05, 4.69) is 5.32 Å². The molecule has 0 aromatic heterocycles. The quantitative estimate of drug-likeness (QED) is 0.766. The Labute approximate surface area is 160 Å². The summed E-state index contributed by atoms with van der Waals surface area (Å²) < 4.78 is 5.10. The van der Waals surface area contributed by atoms with Crippen LogP contribution in [0.3, 0.4) is 0 Å². The lowest BCUT2D eigenvalue weighted by atomic mass is 10.1. The van der Waals surface area contributed by atoms with Crippen molar-refractivity contribution in [2.24, 2.45) is 0 Å². The summed E-state index contributed by atoms with van der Waals surface area (Å²) in [4.78, 5) is 26.2. The number of carbonyl (C=O) groups excluding carboxylic acids is 2. The molecule has 0 aliphatic rings. The lowest BCUT2D eigenvalue weighted by molar-refractivity contribution is -0.134. The van der Waals surface area contributed by atoms with Crippen LogP contribution in [0.4, 0.5) is 0 Å². The van der Waals surface area contributed by atoms with Gasteiger partial charge in [0.15, 0.2) is 0 Å². The molecular weight excluding hydrogens is 340 g/mol. The van der Waals surface area contributed by atoms with Crippen LogP contribution in [0.1, 0.15) is 23.6 Å². The molecule has 0 aliphatic carbocycles. The third-order valence-electron chi connectivity index (χ3n) is 4.32. The number of methoxy groups -OCH3 is 1. The van der Waals surface area contributed by atoms with Crippen molar-refractivity contribution in [2.45, 2.75) is 26.4 Å². The third kappa shape index (κ3) is 5.99. The van der Waals surface area contributed by atoms with E-state index in [4.69, 9.17) is 4.74 Å². The SMILES string of the molecule is COc1ccc(/C=C\C(=O)N[C@@H](C)C(=O)N(C)Cc2ccccc2C)cc1. The molecular formula is C22H26N2O3. The van der Waals surface area contributed by atoms with E-state index in [9.17, 15) is 9.59 Å². The molecule has 0 saturated heterocycles. The predicted octanol–water partition coefficient (Wildman–Crippen LogP) is 3.18. The van der Waals surface area contributed by atoms with Gasteiger partial charge in [-0.1, -0.05) is 36.4 Å². The Morgan fingerprint density at radius 3 is 2.44 bits per heavy atom. The molecule has 5 nitrogen and oxygen atoms in total. The molecule has 1 N–H and O–H groups in total. The molecule has 0 aliphatic heterocycles. The van der Waals surface area contributed by atoms with Gasteiger partial charge in [0.1, 0.15) is 11.8 Å². The largest absolute Gasteiger partial charge is 0.497 e. The molecule has 27 heavy (non-hydrogen) atoms. The molecule has 0 heterocycles. The van der Waals surface area contributed by atoms with Crippen molar-refractivity contribution in [2.75, 3.05) is 14.2 Å². The zero-order chi connectivity index (χ0) is 19.8. The second-order valence-electron chi connectivity index (χ2n) is 6.46. The highest BCUT2D eigenvalue weighted by atomic mass is 16.5. The zero-order valence-corrected chi connectivity index (χ0v) is 16.2. The van der Waals surface area contributed by atoms with Gasteiger partial charge >= 0.3 is 0 Å². The Morgan fingerprint density at radius 2 is 1.81 bits per heavy atom. The van der Waals surface area contributed by atoms with Crippen molar-refractivity contribution in [1.29, 1.82) is 0 Å². The number of hydrogen-bond acceptors (Lipinski definition) is 3. The maximum Gasteiger partial charge on any atom is 0.244 e. The van der Waals surface area contributed by atoms with Gasteiger partial charge in [-0.15, -0.1) is 0 Å². The summed E-state index contributed by atoms with van der Waals surface area (Å²) in [5, 5.41) is 2.71. The fraction of sp³-hybridized carbons (Fsp3) is 0.273. The summed E-state index contributed by atoms with van der Waals surface area (Å²) >= 11 is 0. The Hall–Kier alpha value is -3.08. The first-order valence-corrected chi connectivity index (χ1v) is 8.83. The van der Waals surface area contributed by atoms with Crippen molar-refractivity contribution in [1.82, 2.24) is 10.2 Å². The summed E-state index contributed by atoms with van der Waals surface area (Å²) in [6, 6.07) is 14.7. The van der Waals surface area contributed by atoms with Crippen molar-refractivity contribution >= 4 is 17.9 Å². The zero-order valence-electron chi connectivity index (χ0n) is 16.2. The topological polar surface area (TPSA) is 58.6 Å². The van der Waals surface area contributed by atoms with Gasteiger partial charge in [0.25, 0.3) is 0 Å². The second-order valence-corrected chi connectivity index (χ2v) is 6.46. The monoisotopic (exact) mass is 366 g/mol. The van der Waals surface area contributed by atoms with Crippen LogP contribution in [0.15, 0.2) is 54.6 Å². The minimum absolute atomic E-state index is 0.135. The molecule has 0 saturated carbocycles. The van der Waals surface area contributed by atoms with E-state index in [-0.39, 0.29) is 11.8 Å². The molecule has 2 aromatic rings. The first-order valence-electron chi connectivity index (χ1n) is 8.83. The van der Waals surface area contributed by atoms with Crippen molar-refractivity contribution < 1.29 is 14.3 Å². The van der Waals surface area contributed by atoms with E-state index >= 15 is 0 Å². The molecule has 2 amide bonds. The summed E-state index contributed by atoms with van der Waals surface area (Å²) in [5.74, 6) is 0.313. The van der Waals surface area contributed by atoms with E-state index < -0.39 is 6.04 Å². The van der Waals surface area contributed by atoms with Crippen molar-refractivity contribution in [3.8, 4) is 5.75 Å². The number of aryl methyl sites for hydroxylation is 1. The van der Waals surface area contributed by atoms with Gasteiger partial charge in [0.05, 0.1) is 7.11 Å². The van der Waals surface area contributed by atoms with Crippen LogP contribution >= 0.6 is 0 Å². The van der Waals surface area contributed by atoms with Crippen LogP contribution in [-0.2, 0) is 16.1 Å². The van der Waals surface area contributed by atoms with Crippen LogP contribution < -0.4 is 10.1 Å². The van der Waals surface area contributed by atoms with E-state index in [1.807, 2.05) is 55.5 Å². The Kier molecular flexibility index (Phi) is 7.17. The summed E-state index contributed by atoms with van der Waals surface area (Å²) in [6.07, 6.45) is 3.12. The average Bonchev–Trinajstić information content (AvgIpc) is 2.67. The van der Waals surface area contributed by atoms with Gasteiger partial charge in [-0.3, -0.25) is 9.59 Å². The highest BCUT2D eigenvalue weighted by molar-refractivity contribution is 5.95. The molecule has 2 rings (SSSR count). The summed E-state index contributed by atoms with van der Waals surface area (Å²) in [7, 11) is 3.34. The maximum absolute atomic E-state index is 12.5. The molecule has 0 radical (unpaired) electrons. The normalized spacial score (nSPS) is 11.9. The van der Waals surface area contributed by atoms with E-state index in [1.54, 1.807) is 32.1 Å². The number of nitrogens with zero attached hydrogens (tertiary/aromatic N) is 1. The lowest BCUT2D eigenvalue weighted by Gasteiger charge is -2.22. The highest BCUT2D eigenvalue weighted by Crippen LogP contribution is 2.12. The number of hydrogen-bond donors (Lipinski definition) is 1. The van der Waals surface area contributed by atoms with Crippen LogP contribution in [0.2, 0.25) is 0 Å². The number of benzene rings is 2. The Bertz CT molecular complexity index is 813. The third-order valence-corrected chi connectivity index (χ3v) is 4.32. The fourth-order valence-corrected chi connectivity index (χ4v) is 2.66. The molecule has 142 valence electrons. The van der Waals surface area contributed by atoms with Crippen LogP contribution in [0.5, 0.6) is 5.75 Å². The van der Waals surface area contributed by atoms with Gasteiger partial charge in [-0.2, -0.15) is 0 Å². The smallest absolute Gasteiger partial charge is 0.244 e. The molecule has 0 unspecified atom stereocenters. The molecule has 0 spiro atoms. The standard InChI is InChI=1S/C22H26N2O3/c1-16-7-5-6-8-19(16)15-24(3)22(26)17(2)23-21(25)14-11-18-9-12-20(27-4)13-10-18/h5-14,17H,15H2,1-4H3,(H,23,25)/b14-11-/t17-/m0/s1. The molecule has 0 bridgehead atoms. The highest BCUT2D eigenvalue weighted by Gasteiger charge is 2.19. The number of nitrogens with one attached hydrogen (secondary N) is 1. The van der Waals surface area contributed by atoms with Crippen LogP contribution in [-0.4, -0.2) is 36.9 Å². The minimum atomic E-state index is -0.605. The molecule has 1 atom stereocenters. The van der Waals surface area contributed by atoms with Crippen molar-refractivity contribution in [3.63, 3.8) is 0 Å². The number of carbonyl (C=O) groups is 2. The summed E-state index contributed by atoms with van der Waals surface area (Å²) in [6.45, 7) is 4.21. The number of amides is 2. The van der Waals surface area contributed by atoms with Crippen LogP contribution in [0, 0.1) is 6.92 Å². The molecule has 0 fully saturated rings. The second kappa shape index (κ2) is 9.57. The first kappa shape index (κ1) is 20.2. The average molecular weight is 366 g/mol. The fourth-order valence-electron chi connectivity index (χ4n) is 2.66.